The Morgan fingerprint density at radius 3 is 2.79 bits per heavy atom. The largest absolute Gasteiger partial charge is 0.303 e. The Balaban J connectivity index is 3.10. The molecule has 0 saturated carbocycles. The van der Waals surface area contributed by atoms with E-state index < -0.39 is 0 Å². The Hall–Kier alpha value is -0.700. The van der Waals surface area contributed by atoms with Crippen LogP contribution in [0.4, 0.5) is 4.39 Å². The molecule has 0 spiro atoms. The predicted molar refractivity (Wildman–Crippen MR) is 57.9 cm³/mol. The second kappa shape index (κ2) is 4.69. The molecule has 1 rings (SSSR count). The monoisotopic (exact) mass is 258 g/mol. The van der Waals surface area contributed by atoms with Crippen molar-refractivity contribution in [3.8, 4) is 0 Å². The number of hydrogen-bond donors (Lipinski definition) is 0. The summed E-state index contributed by atoms with van der Waals surface area (Å²) in [5, 5.41) is 0. The first-order chi connectivity index (χ1) is 6.57. The van der Waals surface area contributed by atoms with Crippen molar-refractivity contribution in [2.75, 3.05) is 0 Å². The highest BCUT2D eigenvalue weighted by Gasteiger charge is 2.13. The molecule has 1 aromatic carbocycles. The smallest absolute Gasteiger partial charge is 0.130 e. The standard InChI is InChI=1S/C11H12BrFO/c1-7(5-6-14)9-3-4-10(12)8(2)11(9)13/h3-4,6-7H,5H2,1-2H3. The number of halogens is 2. The third-order valence-electron chi connectivity index (χ3n) is 2.33. The van der Waals surface area contributed by atoms with Gasteiger partial charge in [0.1, 0.15) is 12.1 Å². The maximum Gasteiger partial charge on any atom is 0.130 e. The van der Waals surface area contributed by atoms with Crippen LogP contribution < -0.4 is 0 Å². The van der Waals surface area contributed by atoms with Gasteiger partial charge in [0.15, 0.2) is 0 Å². The first kappa shape index (κ1) is 11.4. The Morgan fingerprint density at radius 2 is 2.21 bits per heavy atom. The van der Waals surface area contributed by atoms with Crippen LogP contribution in [0.5, 0.6) is 0 Å². The van der Waals surface area contributed by atoms with Gasteiger partial charge < -0.3 is 4.79 Å². The summed E-state index contributed by atoms with van der Waals surface area (Å²) in [4.78, 5) is 10.3. The van der Waals surface area contributed by atoms with E-state index in [-0.39, 0.29) is 11.7 Å². The number of benzene rings is 1. The van der Waals surface area contributed by atoms with Crippen molar-refractivity contribution in [3.05, 3.63) is 33.5 Å². The molecular formula is C11H12BrFO. The lowest BCUT2D eigenvalue weighted by molar-refractivity contribution is -0.108. The zero-order valence-electron chi connectivity index (χ0n) is 8.18. The quantitative estimate of drug-likeness (QED) is 0.758. The molecule has 0 aliphatic carbocycles. The maximum absolute atomic E-state index is 13.7. The van der Waals surface area contributed by atoms with Crippen molar-refractivity contribution in [1.82, 2.24) is 0 Å². The molecule has 0 radical (unpaired) electrons. The molecular weight excluding hydrogens is 247 g/mol. The molecule has 0 bridgehead atoms. The van der Waals surface area contributed by atoms with Crippen molar-refractivity contribution in [1.29, 1.82) is 0 Å². The number of hydrogen-bond acceptors (Lipinski definition) is 1. The molecule has 1 atom stereocenters. The van der Waals surface area contributed by atoms with Gasteiger partial charge >= 0.3 is 0 Å². The van der Waals surface area contributed by atoms with E-state index in [0.29, 0.717) is 17.5 Å². The molecule has 0 fully saturated rings. The van der Waals surface area contributed by atoms with Gasteiger partial charge in [-0.05, 0) is 30.0 Å². The lowest BCUT2D eigenvalue weighted by atomic mass is 9.96. The number of rotatable bonds is 3. The lowest BCUT2D eigenvalue weighted by Crippen LogP contribution is -2.00. The van der Waals surface area contributed by atoms with E-state index in [2.05, 4.69) is 15.9 Å². The highest BCUT2D eigenvalue weighted by atomic mass is 79.9. The highest BCUT2D eigenvalue weighted by Crippen LogP contribution is 2.27. The average Bonchev–Trinajstić information content (AvgIpc) is 2.15. The van der Waals surface area contributed by atoms with Gasteiger partial charge in [0.2, 0.25) is 0 Å². The maximum atomic E-state index is 13.7. The SMILES string of the molecule is Cc1c(Br)ccc(C(C)CC=O)c1F. The van der Waals surface area contributed by atoms with Crippen LogP contribution in [0.1, 0.15) is 30.4 Å². The van der Waals surface area contributed by atoms with E-state index in [0.717, 1.165) is 10.8 Å². The average molecular weight is 259 g/mol. The van der Waals surface area contributed by atoms with E-state index >= 15 is 0 Å². The molecule has 0 aromatic heterocycles. The molecule has 1 aromatic rings. The first-order valence-corrected chi connectivity index (χ1v) is 5.25. The molecule has 0 heterocycles. The molecule has 3 heteroatoms. The van der Waals surface area contributed by atoms with Crippen molar-refractivity contribution in [2.24, 2.45) is 0 Å². The fourth-order valence-electron chi connectivity index (χ4n) is 1.33. The van der Waals surface area contributed by atoms with Crippen LogP contribution >= 0.6 is 15.9 Å². The number of carbonyl (C=O) groups excluding carboxylic acids is 1. The van der Waals surface area contributed by atoms with E-state index in [9.17, 15) is 9.18 Å². The summed E-state index contributed by atoms with van der Waals surface area (Å²) in [6.45, 7) is 3.57. The summed E-state index contributed by atoms with van der Waals surface area (Å²) in [6, 6.07) is 3.54. The summed E-state index contributed by atoms with van der Waals surface area (Å²) < 4.78 is 14.5. The van der Waals surface area contributed by atoms with Gasteiger partial charge in [0.25, 0.3) is 0 Å². The van der Waals surface area contributed by atoms with Gasteiger partial charge in [-0.3, -0.25) is 0 Å². The molecule has 0 N–H and O–H groups in total. The van der Waals surface area contributed by atoms with E-state index in [1.807, 2.05) is 13.0 Å². The Kier molecular flexibility index (Phi) is 3.81. The molecule has 0 aliphatic rings. The van der Waals surface area contributed by atoms with Crippen LogP contribution in [-0.4, -0.2) is 6.29 Å². The van der Waals surface area contributed by atoms with Crippen LogP contribution in [0, 0.1) is 12.7 Å². The minimum atomic E-state index is -0.214. The van der Waals surface area contributed by atoms with Crippen molar-refractivity contribution >= 4 is 22.2 Å². The number of aldehydes is 1. The van der Waals surface area contributed by atoms with Gasteiger partial charge in [-0.1, -0.05) is 28.9 Å². The summed E-state index contributed by atoms with van der Waals surface area (Å²) >= 11 is 3.26. The molecule has 14 heavy (non-hydrogen) atoms. The second-order valence-corrected chi connectivity index (χ2v) is 4.23. The Labute approximate surface area is 91.5 Å². The van der Waals surface area contributed by atoms with Crippen molar-refractivity contribution in [3.63, 3.8) is 0 Å². The van der Waals surface area contributed by atoms with Crippen LogP contribution in [-0.2, 0) is 4.79 Å². The minimum Gasteiger partial charge on any atom is -0.303 e. The van der Waals surface area contributed by atoms with Crippen LogP contribution in [0.25, 0.3) is 0 Å². The minimum absolute atomic E-state index is 0.0562. The predicted octanol–water partition coefficient (Wildman–Crippen LogP) is 3.59. The zero-order valence-corrected chi connectivity index (χ0v) is 9.77. The fraction of sp³-hybridized carbons (Fsp3) is 0.364. The molecule has 0 amide bonds. The summed E-state index contributed by atoms with van der Waals surface area (Å²) in [5.41, 5.74) is 1.21. The Bertz CT molecular complexity index is 349. The van der Waals surface area contributed by atoms with Gasteiger partial charge in [-0.2, -0.15) is 0 Å². The molecule has 0 aliphatic heterocycles. The van der Waals surface area contributed by atoms with Gasteiger partial charge in [0.05, 0.1) is 0 Å². The van der Waals surface area contributed by atoms with Gasteiger partial charge in [-0.25, -0.2) is 4.39 Å². The second-order valence-electron chi connectivity index (χ2n) is 3.38. The topological polar surface area (TPSA) is 17.1 Å². The van der Waals surface area contributed by atoms with Crippen molar-refractivity contribution < 1.29 is 9.18 Å². The van der Waals surface area contributed by atoms with E-state index in [1.165, 1.54) is 0 Å². The van der Waals surface area contributed by atoms with E-state index in [1.54, 1.807) is 13.0 Å². The first-order valence-electron chi connectivity index (χ1n) is 4.46. The fourth-order valence-corrected chi connectivity index (χ4v) is 1.64. The van der Waals surface area contributed by atoms with Crippen LogP contribution in [0.3, 0.4) is 0 Å². The van der Waals surface area contributed by atoms with Crippen molar-refractivity contribution in [2.45, 2.75) is 26.2 Å². The molecule has 1 unspecified atom stereocenters. The normalized spacial score (nSPS) is 12.6. The third kappa shape index (κ3) is 2.21. The number of carbonyl (C=O) groups is 1. The van der Waals surface area contributed by atoms with E-state index in [4.69, 9.17) is 0 Å². The summed E-state index contributed by atoms with van der Waals surface area (Å²) in [7, 11) is 0. The lowest BCUT2D eigenvalue weighted by Gasteiger charge is -2.12. The molecule has 76 valence electrons. The summed E-state index contributed by atoms with van der Waals surface area (Å²) in [5.74, 6) is -0.270. The van der Waals surface area contributed by atoms with Crippen LogP contribution in [0.2, 0.25) is 0 Å². The molecule has 0 saturated heterocycles. The summed E-state index contributed by atoms with van der Waals surface area (Å²) in [6.07, 6.45) is 1.18. The molecule has 1 nitrogen and oxygen atoms in total. The third-order valence-corrected chi connectivity index (χ3v) is 3.19. The Morgan fingerprint density at radius 1 is 1.57 bits per heavy atom. The van der Waals surface area contributed by atoms with Gasteiger partial charge in [0, 0.05) is 10.9 Å². The van der Waals surface area contributed by atoms with Crippen LogP contribution in [0.15, 0.2) is 16.6 Å². The van der Waals surface area contributed by atoms with Gasteiger partial charge in [-0.15, -0.1) is 0 Å². The highest BCUT2D eigenvalue weighted by molar-refractivity contribution is 9.10. The zero-order chi connectivity index (χ0) is 10.7.